The van der Waals surface area contributed by atoms with Crippen LogP contribution >= 0.6 is 88.5 Å². The van der Waals surface area contributed by atoms with Gasteiger partial charge in [-0.3, -0.25) is 0 Å². The largest absolute Gasteiger partial charge is 0.133 e. The molecule has 5 rings (SSSR count). The molecular formula is C40H54Br2S5. The Balaban J connectivity index is 1.15. The van der Waals surface area contributed by atoms with Gasteiger partial charge in [0.05, 0.1) is 17.0 Å². The first-order valence-corrected chi connectivity index (χ1v) is 24.3. The monoisotopic (exact) mass is 852 g/mol. The molecule has 5 aromatic rings. The van der Waals surface area contributed by atoms with Gasteiger partial charge in [-0.15, -0.1) is 56.7 Å². The first-order valence-electron chi connectivity index (χ1n) is 18.6. The van der Waals surface area contributed by atoms with Gasteiger partial charge in [0.1, 0.15) is 0 Å². The Bertz CT molecular complexity index is 1490. The Kier molecular flexibility index (Phi) is 16.9. The molecule has 0 aliphatic carbocycles. The minimum Gasteiger partial charge on any atom is -0.133 e. The van der Waals surface area contributed by atoms with Crippen molar-refractivity contribution in [2.45, 2.75) is 155 Å². The molecule has 5 heterocycles. The van der Waals surface area contributed by atoms with E-state index < -0.39 is 0 Å². The smallest absolute Gasteiger partial charge is 0.0708 e. The molecule has 0 fully saturated rings. The molecular weight excluding hydrogens is 801 g/mol. The van der Waals surface area contributed by atoms with Crippen LogP contribution in [0, 0.1) is 0 Å². The standard InChI is InChI=1S/C40H54Br2S5/c1-3-5-7-9-11-13-15-17-19-21-23-29-25-35(41)46-37(29)31-27-33-39(44-31)40-34(43-33)28-32(45-40)38-30(26-36(42)47-38)24-22-20-18-16-14-12-10-8-6-4-2/h25-28H,3-24H2,1-2H3. The van der Waals surface area contributed by atoms with E-state index in [1.165, 1.54) is 187 Å². The average molecular weight is 855 g/mol. The SMILES string of the molecule is CCCCCCCCCCCCc1cc(Br)sc1-c1cc2sc3cc(-c4sc(Br)cc4CCCCCCCCCCCC)sc3c2s1. The third kappa shape index (κ3) is 11.5. The van der Waals surface area contributed by atoms with Gasteiger partial charge in [0.2, 0.25) is 0 Å². The highest BCUT2D eigenvalue weighted by atomic mass is 79.9. The van der Waals surface area contributed by atoms with Crippen LogP contribution in [0.4, 0.5) is 0 Å². The van der Waals surface area contributed by atoms with Gasteiger partial charge in [-0.2, -0.15) is 0 Å². The molecule has 258 valence electrons. The van der Waals surface area contributed by atoms with Crippen molar-refractivity contribution in [1.29, 1.82) is 0 Å². The molecule has 0 atom stereocenters. The van der Waals surface area contributed by atoms with Gasteiger partial charge in [0, 0.05) is 28.9 Å². The molecule has 7 heteroatoms. The van der Waals surface area contributed by atoms with Crippen molar-refractivity contribution in [1.82, 2.24) is 0 Å². The minimum atomic E-state index is 1.20. The van der Waals surface area contributed by atoms with Crippen molar-refractivity contribution in [3.63, 3.8) is 0 Å². The van der Waals surface area contributed by atoms with Gasteiger partial charge in [-0.25, -0.2) is 0 Å². The first kappa shape index (κ1) is 38.2. The van der Waals surface area contributed by atoms with E-state index in [1.807, 2.05) is 56.7 Å². The summed E-state index contributed by atoms with van der Waals surface area (Å²) >= 11 is 17.6. The number of thiophene rings is 5. The van der Waals surface area contributed by atoms with Crippen molar-refractivity contribution >= 4 is 107 Å². The number of unbranched alkanes of at least 4 members (excludes halogenated alkanes) is 18. The van der Waals surface area contributed by atoms with Crippen LogP contribution in [-0.2, 0) is 12.8 Å². The molecule has 47 heavy (non-hydrogen) atoms. The fourth-order valence-electron chi connectivity index (χ4n) is 6.74. The van der Waals surface area contributed by atoms with Crippen LogP contribution < -0.4 is 0 Å². The van der Waals surface area contributed by atoms with E-state index in [4.69, 9.17) is 0 Å². The lowest BCUT2D eigenvalue weighted by molar-refractivity contribution is 0.556. The van der Waals surface area contributed by atoms with E-state index in [0.29, 0.717) is 0 Å². The quantitative estimate of drug-likeness (QED) is 0.0543. The van der Waals surface area contributed by atoms with Crippen molar-refractivity contribution < 1.29 is 0 Å². The Morgan fingerprint density at radius 3 is 1.11 bits per heavy atom. The molecule has 0 nitrogen and oxygen atoms in total. The summed E-state index contributed by atoms with van der Waals surface area (Å²) in [5.74, 6) is 0. The fraction of sp³-hybridized carbons (Fsp3) is 0.600. The Morgan fingerprint density at radius 2 is 0.745 bits per heavy atom. The van der Waals surface area contributed by atoms with Gasteiger partial charge in [-0.1, -0.05) is 129 Å². The van der Waals surface area contributed by atoms with Gasteiger partial charge >= 0.3 is 0 Å². The van der Waals surface area contributed by atoms with Gasteiger partial charge in [0.15, 0.2) is 0 Å². The summed E-state index contributed by atoms with van der Waals surface area (Å²) in [5.41, 5.74) is 3.08. The third-order valence-corrected chi connectivity index (χ3v) is 16.9. The highest BCUT2D eigenvalue weighted by Crippen LogP contribution is 2.51. The number of hydrogen-bond acceptors (Lipinski definition) is 5. The summed E-state index contributed by atoms with van der Waals surface area (Å²) in [7, 11) is 0. The average Bonchev–Trinajstić information content (AvgIpc) is 3.87. The summed E-state index contributed by atoms with van der Waals surface area (Å²) < 4.78 is 8.46. The molecule has 0 aliphatic rings. The van der Waals surface area contributed by atoms with Crippen LogP contribution in [0.15, 0.2) is 31.8 Å². The molecule has 0 saturated heterocycles. The summed E-state index contributed by atoms with van der Waals surface area (Å²) in [6.45, 7) is 4.60. The van der Waals surface area contributed by atoms with Crippen LogP contribution in [0.5, 0.6) is 0 Å². The van der Waals surface area contributed by atoms with Crippen molar-refractivity contribution in [3.05, 3.63) is 43.0 Å². The van der Waals surface area contributed by atoms with E-state index in [9.17, 15) is 0 Å². The van der Waals surface area contributed by atoms with Crippen molar-refractivity contribution in [3.8, 4) is 19.5 Å². The van der Waals surface area contributed by atoms with Crippen molar-refractivity contribution in [2.24, 2.45) is 0 Å². The van der Waals surface area contributed by atoms with E-state index in [1.54, 1.807) is 11.1 Å². The number of rotatable bonds is 24. The molecule has 0 saturated carbocycles. The normalized spacial score (nSPS) is 12.0. The number of halogens is 2. The van der Waals surface area contributed by atoms with Crippen LogP contribution in [0.2, 0.25) is 0 Å². The second-order valence-electron chi connectivity index (χ2n) is 13.4. The molecule has 0 aromatic carbocycles. The maximum atomic E-state index is 3.83. The lowest BCUT2D eigenvalue weighted by Crippen LogP contribution is -1.86. The summed E-state index contributed by atoms with van der Waals surface area (Å²) in [5, 5.41) is 0. The molecule has 0 N–H and O–H groups in total. The number of hydrogen-bond donors (Lipinski definition) is 0. The molecule has 0 amide bonds. The van der Waals surface area contributed by atoms with E-state index in [0.717, 1.165) is 0 Å². The second-order valence-corrected chi connectivity index (χ2v) is 21.4. The van der Waals surface area contributed by atoms with Gasteiger partial charge in [0.25, 0.3) is 0 Å². The lowest BCUT2D eigenvalue weighted by Gasteiger charge is -2.04. The zero-order chi connectivity index (χ0) is 32.8. The molecule has 0 spiro atoms. The van der Waals surface area contributed by atoms with Gasteiger partial charge in [-0.05, 0) is 92.9 Å². The number of aryl methyl sites for hydroxylation is 2. The minimum absolute atomic E-state index is 1.20. The molecule has 0 unspecified atom stereocenters. The lowest BCUT2D eigenvalue weighted by atomic mass is 10.0. The molecule has 5 aromatic heterocycles. The zero-order valence-electron chi connectivity index (χ0n) is 28.7. The van der Waals surface area contributed by atoms with Crippen molar-refractivity contribution in [2.75, 3.05) is 0 Å². The molecule has 0 radical (unpaired) electrons. The summed E-state index contributed by atoms with van der Waals surface area (Å²) in [6.07, 6.45) is 30.3. The highest BCUT2D eigenvalue weighted by Gasteiger charge is 2.19. The van der Waals surface area contributed by atoms with Crippen LogP contribution in [0.3, 0.4) is 0 Å². The summed E-state index contributed by atoms with van der Waals surface area (Å²) in [6, 6.07) is 9.75. The predicted molar refractivity (Wildman–Crippen MR) is 228 cm³/mol. The van der Waals surface area contributed by atoms with Crippen LogP contribution in [0.25, 0.3) is 38.3 Å². The second kappa shape index (κ2) is 20.7. The van der Waals surface area contributed by atoms with E-state index in [-0.39, 0.29) is 0 Å². The predicted octanol–water partition coefficient (Wildman–Crippen LogP) is 18.1. The molecule has 0 aliphatic heterocycles. The van der Waals surface area contributed by atoms with E-state index >= 15 is 0 Å². The Hall–Kier alpha value is -0.0200. The van der Waals surface area contributed by atoms with Crippen LogP contribution in [0.1, 0.15) is 153 Å². The van der Waals surface area contributed by atoms with E-state index in [2.05, 4.69) is 70.0 Å². The number of fused-ring (bicyclic) bond motifs is 3. The third-order valence-electron chi connectivity index (χ3n) is 9.43. The Morgan fingerprint density at radius 1 is 0.404 bits per heavy atom. The Labute approximate surface area is 322 Å². The van der Waals surface area contributed by atoms with Crippen LogP contribution in [-0.4, -0.2) is 0 Å². The van der Waals surface area contributed by atoms with Gasteiger partial charge < -0.3 is 0 Å². The maximum Gasteiger partial charge on any atom is 0.0708 e. The zero-order valence-corrected chi connectivity index (χ0v) is 35.9. The maximum absolute atomic E-state index is 3.83. The molecule has 0 bridgehead atoms. The first-order chi connectivity index (χ1) is 23.1. The topological polar surface area (TPSA) is 0 Å². The summed E-state index contributed by atoms with van der Waals surface area (Å²) in [4.78, 5) is 5.90. The highest BCUT2D eigenvalue weighted by molar-refractivity contribution is 9.11. The fourth-order valence-corrected chi connectivity index (χ4v) is 14.4.